The lowest BCUT2D eigenvalue weighted by atomic mass is 9.65. The molecule has 2 aliphatic carbocycles. The Morgan fingerprint density at radius 1 is 0.783 bits per heavy atom. The second-order valence-electron chi connectivity index (χ2n) is 7.55. The van der Waals surface area contributed by atoms with E-state index in [0.29, 0.717) is 17.3 Å². The maximum absolute atomic E-state index is 11.2. The SMILES string of the molecule is OP1c2ccccc2C2CCCC23CCCC3c2ccccc21. The number of fused-ring (bicyclic) bond motifs is 4. The molecule has 23 heavy (non-hydrogen) atoms. The molecule has 1 heterocycles. The fraction of sp³-hybridized carbons (Fsp3) is 0.429. The molecule has 2 heteroatoms. The van der Waals surface area contributed by atoms with Crippen molar-refractivity contribution in [3.8, 4) is 0 Å². The number of benzene rings is 2. The maximum Gasteiger partial charge on any atom is 0.0883 e. The van der Waals surface area contributed by atoms with Gasteiger partial charge < -0.3 is 4.89 Å². The summed E-state index contributed by atoms with van der Waals surface area (Å²) >= 11 is 0. The molecule has 118 valence electrons. The smallest absolute Gasteiger partial charge is 0.0883 e. The zero-order chi connectivity index (χ0) is 15.4. The largest absolute Gasteiger partial charge is 0.364 e. The van der Waals surface area contributed by atoms with Gasteiger partial charge in [-0.2, -0.15) is 0 Å². The van der Waals surface area contributed by atoms with Crippen molar-refractivity contribution in [2.75, 3.05) is 0 Å². The van der Waals surface area contributed by atoms with Gasteiger partial charge in [0.25, 0.3) is 0 Å². The van der Waals surface area contributed by atoms with Crippen molar-refractivity contribution >= 4 is 18.8 Å². The van der Waals surface area contributed by atoms with E-state index in [2.05, 4.69) is 48.5 Å². The molecule has 0 bridgehead atoms. The quantitative estimate of drug-likeness (QED) is 0.705. The first-order valence-corrected chi connectivity index (χ1v) is 10.3. The van der Waals surface area contributed by atoms with E-state index in [1.54, 1.807) is 0 Å². The second-order valence-corrected chi connectivity index (χ2v) is 9.14. The van der Waals surface area contributed by atoms with E-state index in [0.717, 1.165) is 0 Å². The molecule has 2 atom stereocenters. The van der Waals surface area contributed by atoms with Gasteiger partial charge in [0.15, 0.2) is 0 Å². The molecule has 3 aliphatic rings. The Hall–Kier alpha value is -1.17. The first-order chi connectivity index (χ1) is 11.3. The Bertz CT molecular complexity index is 690. The molecule has 0 radical (unpaired) electrons. The third-order valence-corrected chi connectivity index (χ3v) is 8.47. The Morgan fingerprint density at radius 3 is 1.78 bits per heavy atom. The molecule has 2 aromatic carbocycles. The topological polar surface area (TPSA) is 20.2 Å². The van der Waals surface area contributed by atoms with Crippen LogP contribution in [-0.4, -0.2) is 4.89 Å². The molecular formula is C21H23OP. The summed E-state index contributed by atoms with van der Waals surface area (Å²) in [5.41, 5.74) is 3.36. The van der Waals surface area contributed by atoms with Crippen LogP contribution >= 0.6 is 8.15 Å². The number of rotatable bonds is 0. The van der Waals surface area contributed by atoms with E-state index >= 15 is 0 Å². The molecule has 1 spiro atoms. The summed E-state index contributed by atoms with van der Waals surface area (Å²) in [7, 11) is -1.22. The highest BCUT2D eigenvalue weighted by molar-refractivity contribution is 7.67. The zero-order valence-electron chi connectivity index (χ0n) is 13.4. The lowest BCUT2D eigenvalue weighted by Crippen LogP contribution is -2.35. The molecule has 2 aromatic rings. The third kappa shape index (κ3) is 1.87. The van der Waals surface area contributed by atoms with Gasteiger partial charge in [-0.05, 0) is 54.1 Å². The second kappa shape index (κ2) is 5.16. The van der Waals surface area contributed by atoms with Crippen LogP contribution in [0.1, 0.15) is 61.5 Å². The Kier molecular flexibility index (Phi) is 3.19. The van der Waals surface area contributed by atoms with Gasteiger partial charge in [-0.25, -0.2) is 0 Å². The van der Waals surface area contributed by atoms with Crippen LogP contribution in [0.5, 0.6) is 0 Å². The zero-order valence-corrected chi connectivity index (χ0v) is 14.3. The molecule has 2 fully saturated rings. The predicted molar refractivity (Wildman–Crippen MR) is 96.9 cm³/mol. The molecule has 5 rings (SSSR count). The van der Waals surface area contributed by atoms with E-state index < -0.39 is 8.15 Å². The number of hydrogen-bond acceptors (Lipinski definition) is 1. The van der Waals surface area contributed by atoms with Gasteiger partial charge in [-0.15, -0.1) is 0 Å². The lowest BCUT2D eigenvalue weighted by Gasteiger charge is -2.42. The average molecular weight is 322 g/mol. The highest BCUT2D eigenvalue weighted by atomic mass is 31.1. The van der Waals surface area contributed by atoms with E-state index in [4.69, 9.17) is 0 Å². The van der Waals surface area contributed by atoms with Crippen LogP contribution in [0.4, 0.5) is 0 Å². The van der Waals surface area contributed by atoms with Gasteiger partial charge in [-0.3, -0.25) is 0 Å². The van der Waals surface area contributed by atoms with Gasteiger partial charge in [0, 0.05) is 10.6 Å². The highest BCUT2D eigenvalue weighted by Crippen LogP contribution is 2.65. The van der Waals surface area contributed by atoms with Crippen molar-refractivity contribution in [2.24, 2.45) is 5.41 Å². The summed E-state index contributed by atoms with van der Waals surface area (Å²) in [5.74, 6) is 1.30. The van der Waals surface area contributed by atoms with Crippen molar-refractivity contribution in [3.63, 3.8) is 0 Å². The Labute approximate surface area is 139 Å². The predicted octanol–water partition coefficient (Wildman–Crippen LogP) is 4.56. The van der Waals surface area contributed by atoms with E-state index in [1.807, 2.05) is 0 Å². The fourth-order valence-corrected chi connectivity index (χ4v) is 7.58. The lowest BCUT2D eigenvalue weighted by molar-refractivity contribution is 0.232. The van der Waals surface area contributed by atoms with Crippen LogP contribution < -0.4 is 10.6 Å². The van der Waals surface area contributed by atoms with E-state index in [9.17, 15) is 4.89 Å². The van der Waals surface area contributed by atoms with Crippen LogP contribution in [0.15, 0.2) is 48.5 Å². The molecule has 0 aromatic heterocycles. The molecule has 2 unspecified atom stereocenters. The fourth-order valence-electron chi connectivity index (χ4n) is 5.92. The van der Waals surface area contributed by atoms with Crippen molar-refractivity contribution < 1.29 is 4.89 Å². The van der Waals surface area contributed by atoms with Crippen LogP contribution in [-0.2, 0) is 0 Å². The minimum Gasteiger partial charge on any atom is -0.364 e. The minimum atomic E-state index is -1.22. The van der Waals surface area contributed by atoms with E-state index in [1.165, 1.54) is 60.3 Å². The first kappa shape index (κ1) is 14.2. The molecular weight excluding hydrogens is 299 g/mol. The normalized spacial score (nSPS) is 34.7. The van der Waals surface area contributed by atoms with Crippen LogP contribution in [0.2, 0.25) is 0 Å². The Morgan fingerprint density at radius 2 is 1.26 bits per heavy atom. The Balaban J connectivity index is 1.82. The molecule has 0 amide bonds. The molecule has 1 aliphatic heterocycles. The monoisotopic (exact) mass is 322 g/mol. The molecule has 1 nitrogen and oxygen atoms in total. The summed E-state index contributed by atoms with van der Waals surface area (Å²) in [6.45, 7) is 0. The van der Waals surface area contributed by atoms with Crippen LogP contribution in [0.25, 0.3) is 0 Å². The number of hydrogen-bond donors (Lipinski definition) is 1. The summed E-state index contributed by atoms with van der Waals surface area (Å²) in [6.07, 6.45) is 8.04. The summed E-state index contributed by atoms with van der Waals surface area (Å²) in [5, 5.41) is 2.43. The minimum absolute atomic E-state index is 0.447. The summed E-state index contributed by atoms with van der Waals surface area (Å²) < 4.78 is 0. The van der Waals surface area contributed by atoms with Gasteiger partial charge in [-0.1, -0.05) is 61.4 Å². The third-order valence-electron chi connectivity index (χ3n) is 6.74. The highest BCUT2D eigenvalue weighted by Gasteiger charge is 2.53. The average Bonchev–Trinajstić information content (AvgIpc) is 3.21. The van der Waals surface area contributed by atoms with Gasteiger partial charge in [0.2, 0.25) is 0 Å². The summed E-state index contributed by atoms with van der Waals surface area (Å²) in [4.78, 5) is 11.2. The van der Waals surface area contributed by atoms with Crippen molar-refractivity contribution in [2.45, 2.75) is 50.4 Å². The molecule has 2 saturated carbocycles. The maximum atomic E-state index is 11.2. The standard InChI is InChI=1S/C21H23OP/c22-23-19-11-3-1-7-15(19)17-9-5-13-21(17)14-6-10-18(21)16-8-2-4-12-20(16)23/h1-4,7-8,11-12,17-18,22H,5-6,9-10,13-14H2. The van der Waals surface area contributed by atoms with Crippen LogP contribution in [0, 0.1) is 5.41 Å². The summed E-state index contributed by atoms with van der Waals surface area (Å²) in [6, 6.07) is 17.5. The molecule has 1 N–H and O–H groups in total. The van der Waals surface area contributed by atoms with Gasteiger partial charge in [0.1, 0.15) is 0 Å². The van der Waals surface area contributed by atoms with Crippen LogP contribution in [0.3, 0.4) is 0 Å². The van der Waals surface area contributed by atoms with Gasteiger partial charge in [0.05, 0.1) is 8.15 Å². The van der Waals surface area contributed by atoms with Crippen molar-refractivity contribution in [1.29, 1.82) is 0 Å². The van der Waals surface area contributed by atoms with Crippen molar-refractivity contribution in [3.05, 3.63) is 59.7 Å². The van der Waals surface area contributed by atoms with Crippen molar-refractivity contribution in [1.82, 2.24) is 0 Å². The van der Waals surface area contributed by atoms with E-state index in [-0.39, 0.29) is 0 Å². The molecule has 0 saturated heterocycles. The van der Waals surface area contributed by atoms with Gasteiger partial charge >= 0.3 is 0 Å². The first-order valence-electron chi connectivity index (χ1n) is 8.98.